The van der Waals surface area contributed by atoms with Crippen molar-refractivity contribution in [2.45, 2.75) is 58.6 Å². The third-order valence-electron chi connectivity index (χ3n) is 4.61. The first-order valence-corrected chi connectivity index (χ1v) is 8.20. The lowest BCUT2D eigenvalue weighted by Crippen LogP contribution is -2.55. The zero-order valence-electron chi connectivity index (χ0n) is 13.8. The van der Waals surface area contributed by atoms with Gasteiger partial charge in [0, 0.05) is 24.5 Å². The monoisotopic (exact) mass is 311 g/mol. The summed E-state index contributed by atoms with van der Waals surface area (Å²) in [4.78, 5) is 25.3. The van der Waals surface area contributed by atoms with Crippen LogP contribution >= 0.6 is 0 Å². The maximum Gasteiger partial charge on any atom is 0.314 e. The van der Waals surface area contributed by atoms with E-state index in [2.05, 4.69) is 5.32 Å². The van der Waals surface area contributed by atoms with Gasteiger partial charge in [-0.15, -0.1) is 0 Å². The van der Waals surface area contributed by atoms with Crippen LogP contribution in [0.5, 0.6) is 0 Å². The molecule has 0 bridgehead atoms. The van der Waals surface area contributed by atoms with Gasteiger partial charge in [0.2, 0.25) is 5.91 Å². The number of likely N-dealkylation sites (tertiary alicyclic amines) is 1. The predicted octanol–water partition coefficient (Wildman–Crippen LogP) is 1.08. The third kappa shape index (κ3) is 4.60. The van der Waals surface area contributed by atoms with Crippen LogP contribution in [0.2, 0.25) is 0 Å². The molecule has 4 N–H and O–H groups in total. The second-order valence-electron chi connectivity index (χ2n) is 7.91. The lowest BCUT2D eigenvalue weighted by molar-refractivity contribution is -0.129. The molecular formula is C16H29N3O3. The fourth-order valence-electron chi connectivity index (χ4n) is 3.08. The highest BCUT2D eigenvalue weighted by molar-refractivity contribution is 5.81. The Kier molecular flexibility index (Phi) is 5.00. The van der Waals surface area contributed by atoms with Crippen molar-refractivity contribution in [1.82, 2.24) is 10.2 Å². The minimum atomic E-state index is -0.460. The summed E-state index contributed by atoms with van der Waals surface area (Å²) in [5, 5.41) is 13.2. The highest BCUT2D eigenvalue weighted by Crippen LogP contribution is 2.36. The summed E-state index contributed by atoms with van der Waals surface area (Å²) in [5.74, 6) is 0.582. The van der Waals surface area contributed by atoms with Crippen LogP contribution in [0.1, 0.15) is 46.5 Å². The molecule has 0 aromatic carbocycles. The Morgan fingerprint density at radius 2 is 1.95 bits per heavy atom. The average molecular weight is 311 g/mol. The lowest BCUT2D eigenvalue weighted by atomic mass is 9.87. The largest absolute Gasteiger partial charge is 0.393 e. The molecule has 1 heterocycles. The van der Waals surface area contributed by atoms with Gasteiger partial charge in [0.1, 0.15) is 0 Å². The van der Waals surface area contributed by atoms with E-state index in [0.29, 0.717) is 25.4 Å². The van der Waals surface area contributed by atoms with Gasteiger partial charge < -0.3 is 21.1 Å². The van der Waals surface area contributed by atoms with E-state index in [1.54, 1.807) is 4.90 Å². The fraction of sp³-hybridized carbons (Fsp3) is 0.875. The second-order valence-corrected chi connectivity index (χ2v) is 7.91. The molecule has 0 radical (unpaired) electrons. The molecule has 1 saturated carbocycles. The number of rotatable bonds is 4. The van der Waals surface area contributed by atoms with E-state index in [4.69, 9.17) is 5.73 Å². The number of amides is 3. The van der Waals surface area contributed by atoms with E-state index in [1.807, 2.05) is 20.8 Å². The molecule has 0 aromatic rings. The van der Waals surface area contributed by atoms with E-state index in [0.717, 1.165) is 19.3 Å². The van der Waals surface area contributed by atoms with Gasteiger partial charge in [-0.05, 0) is 37.5 Å². The zero-order chi connectivity index (χ0) is 16.5. The Morgan fingerprint density at radius 3 is 2.45 bits per heavy atom. The lowest BCUT2D eigenvalue weighted by Gasteiger charge is -2.38. The van der Waals surface area contributed by atoms with E-state index in [9.17, 15) is 14.7 Å². The number of nitrogens with one attached hydrogen (secondary N) is 1. The highest BCUT2D eigenvalue weighted by atomic mass is 16.3. The molecule has 3 amide bonds. The van der Waals surface area contributed by atoms with Crippen molar-refractivity contribution in [2.75, 3.05) is 13.1 Å². The fourth-order valence-corrected chi connectivity index (χ4v) is 3.08. The standard InChI is InChI=1S/C16H29N3O3/c1-16(2,3)14(21)18-12-6-10(7-13(20)11-4-5-11)8-19(9-12)15(17)22/h10-13,20H,4-9H2,1-3H3,(H2,17,22)(H,18,21). The van der Waals surface area contributed by atoms with Gasteiger partial charge in [0.05, 0.1) is 6.10 Å². The Bertz CT molecular complexity index is 429. The van der Waals surface area contributed by atoms with Crippen molar-refractivity contribution in [2.24, 2.45) is 23.0 Å². The minimum Gasteiger partial charge on any atom is -0.393 e. The molecule has 2 fully saturated rings. The molecule has 0 spiro atoms. The van der Waals surface area contributed by atoms with Crippen LogP contribution < -0.4 is 11.1 Å². The van der Waals surface area contributed by atoms with Crippen LogP contribution in [0, 0.1) is 17.3 Å². The number of aliphatic hydroxyl groups excluding tert-OH is 1. The van der Waals surface area contributed by atoms with E-state index >= 15 is 0 Å². The quantitative estimate of drug-likeness (QED) is 0.725. The third-order valence-corrected chi connectivity index (χ3v) is 4.61. The zero-order valence-corrected chi connectivity index (χ0v) is 13.8. The van der Waals surface area contributed by atoms with Gasteiger partial charge >= 0.3 is 6.03 Å². The molecule has 6 nitrogen and oxygen atoms in total. The average Bonchev–Trinajstić information content (AvgIpc) is 3.21. The molecule has 22 heavy (non-hydrogen) atoms. The summed E-state index contributed by atoms with van der Waals surface area (Å²) in [7, 11) is 0. The molecule has 3 unspecified atom stereocenters. The van der Waals surface area contributed by atoms with Crippen LogP contribution in [0.4, 0.5) is 4.79 Å². The highest BCUT2D eigenvalue weighted by Gasteiger charge is 2.36. The van der Waals surface area contributed by atoms with Crippen LogP contribution in [-0.2, 0) is 4.79 Å². The van der Waals surface area contributed by atoms with Crippen molar-refractivity contribution in [3.05, 3.63) is 0 Å². The predicted molar refractivity (Wildman–Crippen MR) is 84.0 cm³/mol. The van der Waals surface area contributed by atoms with Crippen molar-refractivity contribution in [3.63, 3.8) is 0 Å². The van der Waals surface area contributed by atoms with Gasteiger partial charge in [0.25, 0.3) is 0 Å². The van der Waals surface area contributed by atoms with Crippen LogP contribution in [-0.4, -0.2) is 47.2 Å². The topological polar surface area (TPSA) is 95.7 Å². The molecule has 1 aliphatic carbocycles. The van der Waals surface area contributed by atoms with Gasteiger partial charge in [-0.3, -0.25) is 4.79 Å². The van der Waals surface area contributed by atoms with Gasteiger partial charge in [-0.2, -0.15) is 0 Å². The second kappa shape index (κ2) is 6.44. The molecule has 0 aromatic heterocycles. The number of primary amides is 1. The van der Waals surface area contributed by atoms with E-state index in [-0.39, 0.29) is 24.0 Å². The summed E-state index contributed by atoms with van der Waals surface area (Å²) >= 11 is 0. The Labute approximate surface area is 132 Å². The number of hydrogen-bond donors (Lipinski definition) is 3. The Hall–Kier alpha value is -1.30. The number of urea groups is 1. The molecule has 2 aliphatic rings. The molecule has 1 aliphatic heterocycles. The summed E-state index contributed by atoms with van der Waals surface area (Å²) in [6.07, 6.45) is 3.36. The SMILES string of the molecule is CC(C)(C)C(=O)NC1CC(CC(O)C2CC2)CN(C(N)=O)C1. The smallest absolute Gasteiger partial charge is 0.314 e. The Morgan fingerprint density at radius 1 is 1.32 bits per heavy atom. The van der Waals surface area contributed by atoms with E-state index < -0.39 is 11.4 Å². The number of aliphatic hydroxyl groups is 1. The van der Waals surface area contributed by atoms with Crippen molar-refractivity contribution in [3.8, 4) is 0 Å². The van der Waals surface area contributed by atoms with Crippen molar-refractivity contribution in [1.29, 1.82) is 0 Å². The molecule has 2 rings (SSSR count). The summed E-state index contributed by atoms with van der Waals surface area (Å²) in [6.45, 7) is 6.62. The van der Waals surface area contributed by atoms with Crippen LogP contribution in [0.25, 0.3) is 0 Å². The molecule has 3 atom stereocenters. The number of carbonyl (C=O) groups is 2. The first kappa shape index (κ1) is 17.1. The minimum absolute atomic E-state index is 0.0229. The first-order chi connectivity index (χ1) is 10.2. The van der Waals surface area contributed by atoms with E-state index in [1.165, 1.54) is 0 Å². The molecule has 126 valence electrons. The summed E-state index contributed by atoms with van der Waals surface area (Å²) < 4.78 is 0. The number of piperidine rings is 1. The first-order valence-electron chi connectivity index (χ1n) is 8.20. The number of hydrogen-bond acceptors (Lipinski definition) is 3. The molecular weight excluding hydrogens is 282 g/mol. The van der Waals surface area contributed by atoms with Gasteiger partial charge in [0.15, 0.2) is 0 Å². The molecule has 1 saturated heterocycles. The van der Waals surface area contributed by atoms with Gasteiger partial charge in [-0.25, -0.2) is 4.79 Å². The normalized spacial score (nSPS) is 27.4. The van der Waals surface area contributed by atoms with Crippen molar-refractivity contribution >= 4 is 11.9 Å². The maximum atomic E-state index is 12.2. The number of nitrogens with zero attached hydrogens (tertiary/aromatic N) is 1. The van der Waals surface area contributed by atoms with Gasteiger partial charge in [-0.1, -0.05) is 20.8 Å². The van der Waals surface area contributed by atoms with Crippen LogP contribution in [0.15, 0.2) is 0 Å². The summed E-state index contributed by atoms with van der Waals surface area (Å²) in [5.41, 5.74) is 4.96. The summed E-state index contributed by atoms with van der Waals surface area (Å²) in [6, 6.07) is -0.551. The number of nitrogens with two attached hydrogens (primary N) is 1. The maximum absolute atomic E-state index is 12.2. The van der Waals surface area contributed by atoms with Crippen molar-refractivity contribution < 1.29 is 14.7 Å². The molecule has 6 heteroatoms. The van der Waals surface area contributed by atoms with Crippen LogP contribution in [0.3, 0.4) is 0 Å². The number of carbonyl (C=O) groups excluding carboxylic acids is 2. The Balaban J connectivity index is 1.96.